The predicted molar refractivity (Wildman–Crippen MR) is 127 cm³/mol. The summed E-state index contributed by atoms with van der Waals surface area (Å²) in [6, 6.07) is 15.4. The van der Waals surface area contributed by atoms with Gasteiger partial charge in [-0.1, -0.05) is 41.6 Å². The number of thioether (sulfide) groups is 1. The summed E-state index contributed by atoms with van der Waals surface area (Å²) in [7, 11) is 0. The number of hydrogen-bond acceptors (Lipinski definition) is 4. The summed E-state index contributed by atoms with van der Waals surface area (Å²) in [4.78, 5) is 30.7. The number of nitrogens with one attached hydrogen (secondary N) is 1. The monoisotopic (exact) mass is 485 g/mol. The topological polar surface area (TPSA) is 64.0 Å². The van der Waals surface area contributed by atoms with Crippen LogP contribution < -0.4 is 10.9 Å². The van der Waals surface area contributed by atoms with Crippen LogP contribution in [-0.2, 0) is 4.79 Å². The second-order valence-corrected chi connectivity index (χ2v) is 9.13. The number of aryl methyl sites for hydroxylation is 1. The lowest BCUT2D eigenvalue weighted by atomic mass is 10.2. The molecular weight excluding hydrogens is 468 g/mol. The van der Waals surface area contributed by atoms with Crippen molar-refractivity contribution in [1.82, 2.24) is 9.55 Å². The van der Waals surface area contributed by atoms with E-state index >= 15 is 0 Å². The standard InChI is InChI=1S/C24H18ClF2N3O2S/c1-13-5-3-6-16(11-13)30-23(32)17-10-9-15(25)12-20(17)28-24(30)33-14(2)22(31)29-21-18(26)7-4-8-19(21)27/h3-12,14H,1-2H3,(H,29,31). The lowest BCUT2D eigenvalue weighted by molar-refractivity contribution is -0.115. The molecule has 5 nitrogen and oxygen atoms in total. The summed E-state index contributed by atoms with van der Waals surface area (Å²) in [5.74, 6) is -2.40. The minimum Gasteiger partial charge on any atom is -0.320 e. The van der Waals surface area contributed by atoms with E-state index in [-0.39, 0.29) is 10.7 Å². The summed E-state index contributed by atoms with van der Waals surface area (Å²) in [6.45, 7) is 3.46. The number of carbonyl (C=O) groups excluding carboxylic acids is 1. The lowest BCUT2D eigenvalue weighted by Gasteiger charge is -2.17. The first-order chi connectivity index (χ1) is 15.7. The number of fused-ring (bicyclic) bond motifs is 1. The minimum atomic E-state index is -0.879. The van der Waals surface area contributed by atoms with Crippen LogP contribution in [0.4, 0.5) is 14.5 Å². The third-order valence-corrected chi connectivity index (χ3v) is 6.21. The van der Waals surface area contributed by atoms with Crippen LogP contribution in [0.5, 0.6) is 0 Å². The van der Waals surface area contributed by atoms with E-state index in [4.69, 9.17) is 11.6 Å². The molecule has 3 aromatic carbocycles. The molecule has 33 heavy (non-hydrogen) atoms. The summed E-state index contributed by atoms with van der Waals surface area (Å²) < 4.78 is 29.3. The average molecular weight is 486 g/mol. The zero-order valence-corrected chi connectivity index (χ0v) is 19.2. The summed E-state index contributed by atoms with van der Waals surface area (Å²) >= 11 is 7.08. The third-order valence-electron chi connectivity index (χ3n) is 4.92. The van der Waals surface area contributed by atoms with Crippen LogP contribution in [0.3, 0.4) is 0 Å². The highest BCUT2D eigenvalue weighted by Crippen LogP contribution is 2.28. The van der Waals surface area contributed by atoms with Crippen molar-refractivity contribution in [2.24, 2.45) is 0 Å². The molecular formula is C24H18ClF2N3O2S. The maximum absolute atomic E-state index is 14.0. The number of para-hydroxylation sites is 1. The maximum atomic E-state index is 14.0. The number of rotatable bonds is 5. The van der Waals surface area contributed by atoms with Crippen molar-refractivity contribution in [2.45, 2.75) is 24.3 Å². The fourth-order valence-corrected chi connectivity index (χ4v) is 4.36. The molecule has 1 aromatic heterocycles. The Labute approximate surface area is 197 Å². The van der Waals surface area contributed by atoms with E-state index in [2.05, 4.69) is 10.3 Å². The third kappa shape index (κ3) is 4.77. The molecule has 1 heterocycles. The molecule has 4 rings (SSSR count). The number of hydrogen-bond donors (Lipinski definition) is 1. The van der Waals surface area contributed by atoms with E-state index < -0.39 is 28.5 Å². The van der Waals surface area contributed by atoms with Crippen molar-refractivity contribution in [3.05, 3.63) is 93.2 Å². The van der Waals surface area contributed by atoms with Crippen molar-refractivity contribution >= 4 is 45.9 Å². The lowest BCUT2D eigenvalue weighted by Crippen LogP contribution is -2.27. The zero-order valence-electron chi connectivity index (χ0n) is 17.6. The second kappa shape index (κ2) is 9.33. The van der Waals surface area contributed by atoms with Crippen molar-refractivity contribution < 1.29 is 13.6 Å². The SMILES string of the molecule is Cc1cccc(-n2c(SC(C)C(=O)Nc3c(F)cccc3F)nc3cc(Cl)ccc3c2=O)c1. The van der Waals surface area contributed by atoms with Crippen molar-refractivity contribution in [1.29, 1.82) is 0 Å². The molecule has 1 atom stereocenters. The van der Waals surface area contributed by atoms with E-state index in [1.54, 1.807) is 31.2 Å². The van der Waals surface area contributed by atoms with E-state index in [1.807, 2.05) is 25.1 Å². The molecule has 9 heteroatoms. The Balaban J connectivity index is 1.76. The largest absolute Gasteiger partial charge is 0.320 e. The van der Waals surface area contributed by atoms with Crippen molar-refractivity contribution in [3.8, 4) is 5.69 Å². The van der Waals surface area contributed by atoms with Gasteiger partial charge >= 0.3 is 0 Å². The molecule has 1 unspecified atom stereocenters. The molecule has 0 radical (unpaired) electrons. The van der Waals surface area contributed by atoms with Crippen LogP contribution >= 0.6 is 23.4 Å². The number of anilines is 1. The molecule has 0 saturated heterocycles. The van der Waals surface area contributed by atoms with Gasteiger partial charge in [0.05, 0.1) is 21.8 Å². The van der Waals surface area contributed by atoms with E-state index in [0.717, 1.165) is 29.5 Å². The maximum Gasteiger partial charge on any atom is 0.266 e. The van der Waals surface area contributed by atoms with Gasteiger partial charge in [0, 0.05) is 5.02 Å². The van der Waals surface area contributed by atoms with E-state index in [9.17, 15) is 18.4 Å². The number of nitrogens with zero attached hydrogens (tertiary/aromatic N) is 2. The number of aromatic nitrogens is 2. The van der Waals surface area contributed by atoms with Gasteiger partial charge in [-0.2, -0.15) is 0 Å². The van der Waals surface area contributed by atoms with Gasteiger partial charge in [-0.3, -0.25) is 14.2 Å². The van der Waals surface area contributed by atoms with Crippen LogP contribution in [0, 0.1) is 18.6 Å². The predicted octanol–water partition coefficient (Wildman–Crippen LogP) is 5.75. The molecule has 0 saturated carbocycles. The summed E-state index contributed by atoms with van der Waals surface area (Å²) in [5.41, 5.74) is 1.06. The van der Waals surface area contributed by atoms with Gasteiger partial charge in [0.1, 0.15) is 17.3 Å². The summed E-state index contributed by atoms with van der Waals surface area (Å²) in [5, 5.41) is 2.49. The molecule has 168 valence electrons. The van der Waals surface area contributed by atoms with Gasteiger partial charge in [-0.25, -0.2) is 13.8 Å². The Kier molecular flexibility index (Phi) is 6.49. The first kappa shape index (κ1) is 22.9. The quantitative estimate of drug-likeness (QED) is 0.289. The van der Waals surface area contributed by atoms with E-state index in [0.29, 0.717) is 21.6 Å². The Hall–Kier alpha value is -3.23. The second-order valence-electron chi connectivity index (χ2n) is 7.38. The number of halogens is 3. The van der Waals surface area contributed by atoms with Crippen LogP contribution in [-0.4, -0.2) is 20.7 Å². The number of benzene rings is 3. The van der Waals surface area contributed by atoms with Crippen LogP contribution in [0.25, 0.3) is 16.6 Å². The minimum absolute atomic E-state index is 0.247. The highest BCUT2D eigenvalue weighted by molar-refractivity contribution is 8.00. The Morgan fingerprint density at radius 2 is 1.79 bits per heavy atom. The van der Waals surface area contributed by atoms with Gasteiger partial charge in [0.15, 0.2) is 5.16 Å². The Bertz CT molecular complexity index is 1420. The van der Waals surface area contributed by atoms with Gasteiger partial charge < -0.3 is 5.32 Å². The molecule has 1 amide bonds. The first-order valence-electron chi connectivity index (χ1n) is 9.95. The average Bonchev–Trinajstić information content (AvgIpc) is 2.76. The fraction of sp³-hybridized carbons (Fsp3) is 0.125. The molecule has 4 aromatic rings. The highest BCUT2D eigenvalue weighted by Gasteiger charge is 2.22. The number of carbonyl (C=O) groups is 1. The number of amides is 1. The van der Waals surface area contributed by atoms with Crippen LogP contribution in [0.2, 0.25) is 5.02 Å². The van der Waals surface area contributed by atoms with Gasteiger partial charge in [0.2, 0.25) is 5.91 Å². The smallest absolute Gasteiger partial charge is 0.266 e. The van der Waals surface area contributed by atoms with Gasteiger partial charge in [-0.05, 0) is 61.9 Å². The molecule has 0 aliphatic heterocycles. The highest BCUT2D eigenvalue weighted by atomic mass is 35.5. The van der Waals surface area contributed by atoms with Gasteiger partial charge in [0.25, 0.3) is 5.56 Å². The Morgan fingerprint density at radius 1 is 1.09 bits per heavy atom. The molecule has 0 spiro atoms. The van der Waals surface area contributed by atoms with Crippen LogP contribution in [0.1, 0.15) is 12.5 Å². The van der Waals surface area contributed by atoms with Crippen LogP contribution in [0.15, 0.2) is 70.6 Å². The zero-order chi connectivity index (χ0) is 23.7. The van der Waals surface area contributed by atoms with E-state index in [1.165, 1.54) is 10.6 Å². The van der Waals surface area contributed by atoms with Gasteiger partial charge in [-0.15, -0.1) is 0 Å². The van der Waals surface area contributed by atoms with Crippen molar-refractivity contribution in [3.63, 3.8) is 0 Å². The summed E-state index contributed by atoms with van der Waals surface area (Å²) in [6.07, 6.45) is 0. The molecule has 0 aliphatic rings. The fourth-order valence-electron chi connectivity index (χ4n) is 3.27. The normalized spacial score (nSPS) is 12.0. The Morgan fingerprint density at radius 3 is 2.48 bits per heavy atom. The molecule has 0 aliphatic carbocycles. The molecule has 1 N–H and O–H groups in total. The van der Waals surface area contributed by atoms with Crippen molar-refractivity contribution in [2.75, 3.05) is 5.32 Å². The molecule has 0 bridgehead atoms. The molecule has 0 fully saturated rings. The first-order valence-corrected chi connectivity index (χ1v) is 11.2.